The lowest BCUT2D eigenvalue weighted by atomic mass is 9.58. The van der Waals surface area contributed by atoms with Gasteiger partial charge in [-0.3, -0.25) is 4.79 Å². The normalized spacial score (nSPS) is 22.1. The van der Waals surface area contributed by atoms with Crippen LogP contribution in [0.4, 0.5) is 0 Å². The number of rotatable bonds is 6. The lowest BCUT2D eigenvalue weighted by molar-refractivity contribution is -0.147. The van der Waals surface area contributed by atoms with Gasteiger partial charge >= 0.3 is 5.97 Å². The van der Waals surface area contributed by atoms with Crippen LogP contribution in [0.25, 0.3) is 0 Å². The molecule has 0 aromatic carbocycles. The van der Waals surface area contributed by atoms with E-state index in [1.54, 1.807) is 11.8 Å². The van der Waals surface area contributed by atoms with Gasteiger partial charge in [0.1, 0.15) is 4.75 Å². The summed E-state index contributed by atoms with van der Waals surface area (Å²) in [6, 6.07) is 0. The van der Waals surface area contributed by atoms with Gasteiger partial charge in [0.15, 0.2) is 0 Å². The number of aliphatic carboxylic acids is 1. The number of carbonyl (C=O) groups is 1. The van der Waals surface area contributed by atoms with Crippen LogP contribution < -0.4 is 0 Å². The van der Waals surface area contributed by atoms with Gasteiger partial charge in [0.2, 0.25) is 0 Å². The van der Waals surface area contributed by atoms with Gasteiger partial charge in [-0.05, 0) is 30.4 Å². The Morgan fingerprint density at radius 3 is 2.13 bits per heavy atom. The largest absolute Gasteiger partial charge is 0.480 e. The molecule has 0 radical (unpaired) electrons. The summed E-state index contributed by atoms with van der Waals surface area (Å²) in [5.41, 5.74) is 0.319. The fraction of sp³-hybridized carbons (Fsp3) is 0.917. The molecular formula is C12H22O2S. The Hall–Kier alpha value is -0.180. The summed E-state index contributed by atoms with van der Waals surface area (Å²) < 4.78 is -0.456. The van der Waals surface area contributed by atoms with E-state index in [4.69, 9.17) is 0 Å². The van der Waals surface area contributed by atoms with Crippen molar-refractivity contribution in [3.05, 3.63) is 0 Å². The SMILES string of the molecule is CCCSC1(C(=O)O)CC(CC)(CC)C1. The monoisotopic (exact) mass is 230 g/mol. The van der Waals surface area contributed by atoms with Crippen LogP contribution in [0.1, 0.15) is 52.9 Å². The Kier molecular flexibility index (Phi) is 4.10. The van der Waals surface area contributed by atoms with Crippen molar-refractivity contribution < 1.29 is 9.90 Å². The molecule has 0 aliphatic heterocycles. The molecule has 3 heteroatoms. The van der Waals surface area contributed by atoms with Crippen LogP contribution >= 0.6 is 11.8 Å². The molecule has 0 aromatic heterocycles. The fourth-order valence-corrected chi connectivity index (χ4v) is 4.06. The van der Waals surface area contributed by atoms with E-state index in [1.807, 2.05) is 0 Å². The molecule has 0 heterocycles. The maximum Gasteiger partial charge on any atom is 0.319 e. The van der Waals surface area contributed by atoms with Crippen molar-refractivity contribution in [1.29, 1.82) is 0 Å². The molecule has 1 saturated carbocycles. The second kappa shape index (κ2) is 4.77. The Morgan fingerprint density at radius 2 is 1.80 bits per heavy atom. The first kappa shape index (κ1) is 12.9. The Morgan fingerprint density at radius 1 is 1.27 bits per heavy atom. The number of thioether (sulfide) groups is 1. The Labute approximate surface area is 96.8 Å². The standard InChI is InChI=1S/C12H22O2S/c1-4-7-15-12(10(13)14)8-11(5-2,6-3)9-12/h4-9H2,1-3H3,(H,13,14). The maximum atomic E-state index is 11.3. The zero-order chi connectivity index (χ0) is 11.5. The quantitative estimate of drug-likeness (QED) is 0.758. The predicted octanol–water partition coefficient (Wildman–Crippen LogP) is 3.55. The summed E-state index contributed by atoms with van der Waals surface area (Å²) in [6.45, 7) is 6.47. The van der Waals surface area contributed by atoms with Crippen LogP contribution in [0.2, 0.25) is 0 Å². The molecule has 0 atom stereocenters. The predicted molar refractivity (Wildman–Crippen MR) is 65.4 cm³/mol. The van der Waals surface area contributed by atoms with Crippen molar-refractivity contribution in [3.8, 4) is 0 Å². The van der Waals surface area contributed by atoms with Gasteiger partial charge in [0.05, 0.1) is 0 Å². The topological polar surface area (TPSA) is 37.3 Å². The first-order valence-corrected chi connectivity index (χ1v) is 6.90. The third-order valence-corrected chi connectivity index (χ3v) is 5.42. The molecule has 0 unspecified atom stereocenters. The number of carboxylic acid groups (broad SMARTS) is 1. The van der Waals surface area contributed by atoms with Gasteiger partial charge in [-0.2, -0.15) is 0 Å². The van der Waals surface area contributed by atoms with Crippen LogP contribution in [0, 0.1) is 5.41 Å². The van der Waals surface area contributed by atoms with E-state index in [1.165, 1.54) is 0 Å². The van der Waals surface area contributed by atoms with Crippen molar-refractivity contribution in [2.75, 3.05) is 5.75 Å². The molecule has 88 valence electrons. The Bertz CT molecular complexity index is 226. The van der Waals surface area contributed by atoms with Crippen LogP contribution in [-0.2, 0) is 4.79 Å². The smallest absolute Gasteiger partial charge is 0.319 e. The van der Waals surface area contributed by atoms with Gasteiger partial charge in [-0.1, -0.05) is 33.6 Å². The highest BCUT2D eigenvalue weighted by Crippen LogP contribution is 2.59. The molecule has 1 N–H and O–H groups in total. The fourth-order valence-electron chi connectivity index (χ4n) is 2.52. The van der Waals surface area contributed by atoms with E-state index in [0.717, 1.165) is 37.9 Å². The van der Waals surface area contributed by atoms with Crippen LogP contribution in [-0.4, -0.2) is 21.6 Å². The van der Waals surface area contributed by atoms with E-state index in [-0.39, 0.29) is 0 Å². The van der Waals surface area contributed by atoms with Gasteiger partial charge in [-0.15, -0.1) is 11.8 Å². The zero-order valence-corrected chi connectivity index (χ0v) is 10.8. The average Bonchev–Trinajstić information content (AvgIpc) is 2.17. The summed E-state index contributed by atoms with van der Waals surface area (Å²) in [4.78, 5) is 11.3. The molecule has 0 saturated heterocycles. The minimum atomic E-state index is -0.599. The third-order valence-electron chi connectivity index (χ3n) is 3.79. The van der Waals surface area contributed by atoms with E-state index in [2.05, 4.69) is 20.8 Å². The highest BCUT2D eigenvalue weighted by atomic mass is 32.2. The highest BCUT2D eigenvalue weighted by molar-refractivity contribution is 8.01. The molecule has 1 rings (SSSR count). The van der Waals surface area contributed by atoms with Crippen molar-refractivity contribution in [2.45, 2.75) is 57.6 Å². The first-order chi connectivity index (χ1) is 7.04. The Balaban J connectivity index is 2.63. The van der Waals surface area contributed by atoms with Crippen molar-refractivity contribution >= 4 is 17.7 Å². The minimum absolute atomic E-state index is 0.319. The highest BCUT2D eigenvalue weighted by Gasteiger charge is 2.57. The third kappa shape index (κ3) is 2.32. The van der Waals surface area contributed by atoms with Crippen molar-refractivity contribution in [2.24, 2.45) is 5.41 Å². The first-order valence-electron chi connectivity index (χ1n) is 5.91. The average molecular weight is 230 g/mol. The number of hydrogen-bond donors (Lipinski definition) is 1. The second-order valence-corrected chi connectivity index (χ2v) is 6.19. The molecule has 0 spiro atoms. The molecule has 0 aromatic rings. The maximum absolute atomic E-state index is 11.3. The van der Waals surface area contributed by atoms with E-state index < -0.39 is 10.7 Å². The molecule has 1 fully saturated rings. The van der Waals surface area contributed by atoms with Crippen molar-refractivity contribution in [3.63, 3.8) is 0 Å². The molecule has 0 bridgehead atoms. The molecular weight excluding hydrogens is 208 g/mol. The molecule has 0 amide bonds. The molecule has 15 heavy (non-hydrogen) atoms. The number of carboxylic acids is 1. The second-order valence-electron chi connectivity index (χ2n) is 4.71. The lowest BCUT2D eigenvalue weighted by Crippen LogP contribution is -2.54. The van der Waals surface area contributed by atoms with Gasteiger partial charge in [0.25, 0.3) is 0 Å². The van der Waals surface area contributed by atoms with E-state index in [0.29, 0.717) is 5.41 Å². The van der Waals surface area contributed by atoms with Gasteiger partial charge < -0.3 is 5.11 Å². The van der Waals surface area contributed by atoms with E-state index in [9.17, 15) is 9.90 Å². The van der Waals surface area contributed by atoms with Crippen LogP contribution in [0.5, 0.6) is 0 Å². The lowest BCUT2D eigenvalue weighted by Gasteiger charge is -2.53. The molecule has 2 nitrogen and oxygen atoms in total. The number of hydrogen-bond acceptors (Lipinski definition) is 2. The summed E-state index contributed by atoms with van der Waals surface area (Å²) >= 11 is 1.65. The summed E-state index contributed by atoms with van der Waals surface area (Å²) in [6.07, 6.45) is 5.03. The van der Waals surface area contributed by atoms with E-state index >= 15 is 0 Å². The van der Waals surface area contributed by atoms with Crippen molar-refractivity contribution in [1.82, 2.24) is 0 Å². The van der Waals surface area contributed by atoms with Gasteiger partial charge in [-0.25, -0.2) is 0 Å². The van der Waals surface area contributed by atoms with Crippen LogP contribution in [0.15, 0.2) is 0 Å². The molecule has 1 aliphatic rings. The zero-order valence-electron chi connectivity index (χ0n) is 10.0. The summed E-state index contributed by atoms with van der Waals surface area (Å²) in [5.74, 6) is 0.369. The summed E-state index contributed by atoms with van der Waals surface area (Å²) in [5, 5.41) is 9.31. The summed E-state index contributed by atoms with van der Waals surface area (Å²) in [7, 11) is 0. The van der Waals surface area contributed by atoms with Gasteiger partial charge in [0, 0.05) is 0 Å². The molecule has 1 aliphatic carbocycles. The minimum Gasteiger partial charge on any atom is -0.480 e. The van der Waals surface area contributed by atoms with Crippen LogP contribution in [0.3, 0.4) is 0 Å².